The highest BCUT2D eigenvalue weighted by Gasteiger charge is 2.25. The Bertz CT molecular complexity index is 552. The molecule has 9 heteroatoms. The lowest BCUT2D eigenvalue weighted by Crippen LogP contribution is -2.08. The molecular formula is C11H13F2N3O2S2. The topological polar surface area (TPSA) is 68.9 Å². The molecule has 1 fully saturated rings. The van der Waals surface area contributed by atoms with Gasteiger partial charge >= 0.3 is 0 Å². The second-order valence-corrected chi connectivity index (χ2v) is 7.16. The zero-order valence-electron chi connectivity index (χ0n) is 10.5. The summed E-state index contributed by atoms with van der Waals surface area (Å²) in [5.74, 6) is 0.530. The van der Waals surface area contributed by atoms with Gasteiger partial charge in [-0.1, -0.05) is 11.3 Å². The molecule has 0 saturated heterocycles. The maximum atomic E-state index is 11.8. The number of rotatable bonds is 7. The Morgan fingerprint density at radius 2 is 2.25 bits per heavy atom. The molecule has 20 heavy (non-hydrogen) atoms. The monoisotopic (exact) mass is 321 g/mol. The Balaban J connectivity index is 1.90. The van der Waals surface area contributed by atoms with Crippen LogP contribution >= 0.6 is 11.3 Å². The van der Waals surface area contributed by atoms with Gasteiger partial charge < -0.3 is 5.21 Å². The van der Waals surface area contributed by atoms with Crippen LogP contribution in [-0.4, -0.2) is 37.7 Å². The molecule has 0 aliphatic heterocycles. The van der Waals surface area contributed by atoms with E-state index in [1.165, 1.54) is 6.21 Å². The molecule has 0 N–H and O–H groups in total. The Hall–Kier alpha value is -1.22. The minimum absolute atomic E-state index is 0.0168. The normalized spacial score (nSPS) is 17.0. The van der Waals surface area contributed by atoms with Gasteiger partial charge in [0.1, 0.15) is 0 Å². The lowest BCUT2D eigenvalue weighted by molar-refractivity contribution is -0.456. The van der Waals surface area contributed by atoms with Gasteiger partial charge in [-0.3, -0.25) is 4.21 Å². The number of hydrogen-bond donors (Lipinski definition) is 0. The molecule has 110 valence electrons. The fourth-order valence-corrected chi connectivity index (χ4v) is 3.49. The van der Waals surface area contributed by atoms with Gasteiger partial charge in [-0.15, -0.1) is 10.2 Å². The van der Waals surface area contributed by atoms with E-state index in [1.807, 2.05) is 0 Å². The molecule has 1 heterocycles. The maximum Gasteiger partial charge on any atom is 0.266 e. The first-order valence-corrected chi connectivity index (χ1v) is 8.20. The molecule has 0 spiro atoms. The van der Waals surface area contributed by atoms with Gasteiger partial charge in [0.05, 0.1) is 10.8 Å². The molecule has 1 aromatic heterocycles. The Morgan fingerprint density at radius 1 is 1.50 bits per heavy atom. The zero-order valence-corrected chi connectivity index (χ0v) is 12.1. The molecule has 5 nitrogen and oxygen atoms in total. The second-order valence-electron chi connectivity index (χ2n) is 4.41. The SMILES string of the molecule is O=S(CCC=C(F)F)c1nnc(/C=[N+](\[O-])CC2CC2)s1. The number of allylic oxidation sites excluding steroid dienone is 1. The fourth-order valence-electron chi connectivity index (χ4n) is 1.46. The van der Waals surface area contributed by atoms with Gasteiger partial charge in [0, 0.05) is 11.7 Å². The summed E-state index contributed by atoms with van der Waals surface area (Å²) in [6, 6.07) is 0. The first-order chi connectivity index (χ1) is 9.54. The summed E-state index contributed by atoms with van der Waals surface area (Å²) >= 11 is 1.05. The van der Waals surface area contributed by atoms with Gasteiger partial charge in [0.15, 0.2) is 6.54 Å². The molecule has 2 rings (SSSR count). The van der Waals surface area contributed by atoms with Crippen molar-refractivity contribution in [3.63, 3.8) is 0 Å². The van der Waals surface area contributed by atoms with E-state index in [0.717, 1.165) is 35.0 Å². The summed E-state index contributed by atoms with van der Waals surface area (Å²) < 4.78 is 36.5. The first kappa shape index (κ1) is 15.2. The minimum atomic E-state index is -1.78. The van der Waals surface area contributed by atoms with E-state index in [4.69, 9.17) is 0 Å². The molecule has 1 aliphatic rings. The second kappa shape index (κ2) is 6.98. The highest BCUT2D eigenvalue weighted by molar-refractivity contribution is 7.87. The summed E-state index contributed by atoms with van der Waals surface area (Å²) in [4.78, 5) is 0. The van der Waals surface area contributed by atoms with Gasteiger partial charge in [0.25, 0.3) is 6.08 Å². The molecule has 0 amide bonds. The van der Waals surface area contributed by atoms with Gasteiger partial charge in [-0.25, -0.2) is 4.74 Å². The van der Waals surface area contributed by atoms with Crippen molar-refractivity contribution < 1.29 is 17.7 Å². The summed E-state index contributed by atoms with van der Waals surface area (Å²) in [6.07, 6.45) is 2.45. The molecule has 0 bridgehead atoms. The van der Waals surface area contributed by atoms with E-state index in [1.54, 1.807) is 0 Å². The average Bonchev–Trinajstić information content (AvgIpc) is 3.04. The largest absolute Gasteiger partial charge is 0.624 e. The Kier molecular flexibility index (Phi) is 5.30. The lowest BCUT2D eigenvalue weighted by atomic mass is 10.4. The van der Waals surface area contributed by atoms with Crippen LogP contribution < -0.4 is 0 Å². The first-order valence-electron chi connectivity index (χ1n) is 6.06. The Morgan fingerprint density at radius 3 is 2.90 bits per heavy atom. The van der Waals surface area contributed by atoms with Crippen molar-refractivity contribution in [2.24, 2.45) is 5.92 Å². The third-order valence-corrected chi connectivity index (χ3v) is 5.15. The Labute approximate surface area is 121 Å². The maximum absolute atomic E-state index is 11.8. The van der Waals surface area contributed by atoms with Crippen LogP contribution in [0.25, 0.3) is 0 Å². The molecular weight excluding hydrogens is 308 g/mol. The number of nitrogens with zero attached hydrogens (tertiary/aromatic N) is 3. The van der Waals surface area contributed by atoms with Crippen LogP contribution in [0.15, 0.2) is 16.5 Å². The van der Waals surface area contributed by atoms with Crippen LogP contribution in [0.5, 0.6) is 0 Å². The molecule has 1 saturated carbocycles. The van der Waals surface area contributed by atoms with Crippen LogP contribution in [0.2, 0.25) is 0 Å². The smallest absolute Gasteiger partial charge is 0.266 e. The number of hydrogen-bond acceptors (Lipinski definition) is 5. The van der Waals surface area contributed by atoms with Crippen LogP contribution in [-0.2, 0) is 10.8 Å². The summed E-state index contributed by atoms with van der Waals surface area (Å²) in [5.41, 5.74) is 0. The van der Waals surface area contributed by atoms with E-state index in [2.05, 4.69) is 10.2 Å². The van der Waals surface area contributed by atoms with Crippen molar-refractivity contribution >= 4 is 28.4 Å². The third kappa shape index (κ3) is 5.04. The van der Waals surface area contributed by atoms with Crippen LogP contribution in [0.1, 0.15) is 24.3 Å². The lowest BCUT2D eigenvalue weighted by Gasteiger charge is -1.99. The van der Waals surface area contributed by atoms with E-state index >= 15 is 0 Å². The van der Waals surface area contributed by atoms with E-state index in [9.17, 15) is 18.2 Å². The molecule has 0 radical (unpaired) electrons. The van der Waals surface area contributed by atoms with Crippen molar-refractivity contribution in [2.45, 2.75) is 23.6 Å². The minimum Gasteiger partial charge on any atom is -0.624 e. The average molecular weight is 321 g/mol. The summed E-state index contributed by atoms with van der Waals surface area (Å²) in [6.45, 7) is 0.443. The zero-order chi connectivity index (χ0) is 14.5. The van der Waals surface area contributed by atoms with Crippen molar-refractivity contribution in [1.82, 2.24) is 10.2 Å². The van der Waals surface area contributed by atoms with Crippen molar-refractivity contribution in [1.29, 1.82) is 0 Å². The summed E-state index contributed by atoms with van der Waals surface area (Å²) in [7, 11) is -1.47. The molecule has 1 aliphatic carbocycles. The quantitative estimate of drug-likeness (QED) is 0.334. The van der Waals surface area contributed by atoms with Crippen LogP contribution in [0, 0.1) is 11.1 Å². The van der Waals surface area contributed by atoms with E-state index < -0.39 is 16.9 Å². The van der Waals surface area contributed by atoms with Gasteiger partial charge in [-0.2, -0.15) is 8.78 Å². The van der Waals surface area contributed by atoms with Crippen molar-refractivity contribution in [3.05, 3.63) is 22.4 Å². The predicted molar refractivity (Wildman–Crippen MR) is 72.5 cm³/mol. The predicted octanol–water partition coefficient (Wildman–Crippen LogP) is 2.16. The number of hydroxylamine groups is 1. The van der Waals surface area contributed by atoms with Gasteiger partial charge in [0.2, 0.25) is 15.6 Å². The van der Waals surface area contributed by atoms with Crippen molar-refractivity contribution in [3.8, 4) is 0 Å². The van der Waals surface area contributed by atoms with E-state index in [-0.39, 0.29) is 16.5 Å². The fraction of sp³-hybridized carbons (Fsp3) is 0.545. The van der Waals surface area contributed by atoms with Crippen LogP contribution in [0.4, 0.5) is 8.78 Å². The summed E-state index contributed by atoms with van der Waals surface area (Å²) in [5, 5.41) is 19.4. The number of halogens is 2. The molecule has 1 atom stereocenters. The molecule has 0 aromatic carbocycles. The van der Waals surface area contributed by atoms with Crippen molar-refractivity contribution in [2.75, 3.05) is 12.3 Å². The highest BCUT2D eigenvalue weighted by atomic mass is 32.2. The molecule has 1 unspecified atom stereocenters. The standard InChI is InChI=1S/C11H13F2N3O2S2/c12-9(13)2-1-5-20(18)11-15-14-10(19-11)7-16(17)6-8-3-4-8/h2,7-8H,1,3-6H2/b16-7-. The third-order valence-electron chi connectivity index (χ3n) is 2.61. The van der Waals surface area contributed by atoms with Crippen LogP contribution in [0.3, 0.4) is 0 Å². The molecule has 1 aromatic rings. The highest BCUT2D eigenvalue weighted by Crippen LogP contribution is 2.28. The number of aromatic nitrogens is 2. The van der Waals surface area contributed by atoms with Gasteiger partial charge in [-0.05, 0) is 25.3 Å². The van der Waals surface area contributed by atoms with E-state index in [0.29, 0.717) is 17.5 Å².